The quantitative estimate of drug-likeness (QED) is 0.335. The molecule has 2 saturated heterocycles. The summed E-state index contributed by atoms with van der Waals surface area (Å²) in [6.45, 7) is 6.33. The highest BCUT2D eigenvalue weighted by atomic mass is 16.6. The Kier molecular flexibility index (Phi) is 10.1. The normalized spacial score (nSPS) is 21.1. The summed E-state index contributed by atoms with van der Waals surface area (Å²) in [7, 11) is 0. The molecule has 0 aliphatic carbocycles. The van der Waals surface area contributed by atoms with E-state index in [0.29, 0.717) is 39.3 Å². The molecule has 0 saturated carbocycles. The highest BCUT2D eigenvalue weighted by molar-refractivity contribution is 5.98. The van der Waals surface area contributed by atoms with Gasteiger partial charge in [0.1, 0.15) is 5.60 Å². The van der Waals surface area contributed by atoms with Gasteiger partial charge in [-0.1, -0.05) is 30.3 Å². The van der Waals surface area contributed by atoms with E-state index < -0.39 is 29.5 Å². The monoisotopic (exact) mass is 550 g/mol. The van der Waals surface area contributed by atoms with Crippen molar-refractivity contribution in [3.8, 4) is 0 Å². The van der Waals surface area contributed by atoms with Crippen molar-refractivity contribution >= 4 is 23.4 Å². The molecule has 0 radical (unpaired) electrons. The maximum Gasteiger partial charge on any atom is 0.234 e. The molecule has 214 valence electrons. The molecule has 4 unspecified atom stereocenters. The van der Waals surface area contributed by atoms with Crippen LogP contribution in [0.1, 0.15) is 31.4 Å². The molecule has 10 heteroatoms. The number of morpholine rings is 1. The van der Waals surface area contributed by atoms with Crippen molar-refractivity contribution in [1.82, 2.24) is 20.5 Å². The number of nitrogens with one attached hydrogen (secondary N) is 2. The zero-order valence-corrected chi connectivity index (χ0v) is 23.1. The lowest BCUT2D eigenvalue weighted by atomic mass is 9.90. The van der Waals surface area contributed by atoms with E-state index in [4.69, 9.17) is 9.47 Å². The van der Waals surface area contributed by atoms with Gasteiger partial charge in [0.25, 0.3) is 0 Å². The Morgan fingerprint density at radius 2 is 1.62 bits per heavy atom. The van der Waals surface area contributed by atoms with Gasteiger partial charge < -0.3 is 20.1 Å². The molecule has 1 aromatic carbocycles. The minimum atomic E-state index is -0.914. The van der Waals surface area contributed by atoms with Crippen LogP contribution < -0.4 is 10.6 Å². The minimum Gasteiger partial charge on any atom is -0.379 e. The first-order chi connectivity index (χ1) is 19.2. The van der Waals surface area contributed by atoms with Gasteiger partial charge in [-0.15, -0.1) is 0 Å². The molecule has 2 aromatic rings. The van der Waals surface area contributed by atoms with Crippen LogP contribution in [0.15, 0.2) is 54.9 Å². The Balaban J connectivity index is 1.44. The summed E-state index contributed by atoms with van der Waals surface area (Å²) in [6.07, 6.45) is 3.78. The number of nitrogens with zero attached hydrogens (tertiary/aromatic N) is 2. The largest absolute Gasteiger partial charge is 0.379 e. The number of Topliss-reactive ketones (excluding diaryl/α,β-unsaturated/α-hetero) is 2. The van der Waals surface area contributed by atoms with E-state index in [2.05, 4.69) is 15.6 Å². The third kappa shape index (κ3) is 8.51. The topological polar surface area (TPSA) is 130 Å². The van der Waals surface area contributed by atoms with Crippen molar-refractivity contribution < 1.29 is 28.7 Å². The molecule has 2 fully saturated rings. The zero-order valence-electron chi connectivity index (χ0n) is 23.1. The van der Waals surface area contributed by atoms with Crippen molar-refractivity contribution in [3.05, 3.63) is 66.0 Å². The maximum atomic E-state index is 13.7. The second-order valence-electron chi connectivity index (χ2n) is 10.7. The van der Waals surface area contributed by atoms with Crippen LogP contribution >= 0.6 is 0 Å². The number of ketones is 2. The smallest absolute Gasteiger partial charge is 0.234 e. The molecule has 0 bridgehead atoms. The van der Waals surface area contributed by atoms with Gasteiger partial charge in [-0.2, -0.15) is 0 Å². The fourth-order valence-electron chi connectivity index (χ4n) is 4.78. The molecule has 2 aliphatic rings. The van der Waals surface area contributed by atoms with Crippen molar-refractivity contribution in [1.29, 1.82) is 0 Å². The molecule has 3 heterocycles. The second kappa shape index (κ2) is 13.7. The van der Waals surface area contributed by atoms with Crippen molar-refractivity contribution in [2.45, 2.75) is 50.8 Å². The number of hydrogen-bond donors (Lipinski definition) is 2. The van der Waals surface area contributed by atoms with E-state index in [1.165, 1.54) is 0 Å². The van der Waals surface area contributed by atoms with Gasteiger partial charge in [0.2, 0.25) is 11.8 Å². The lowest BCUT2D eigenvalue weighted by molar-refractivity contribution is -0.134. The van der Waals surface area contributed by atoms with Crippen molar-refractivity contribution in [3.63, 3.8) is 0 Å². The Labute approximate surface area is 234 Å². The van der Waals surface area contributed by atoms with Crippen LogP contribution in [0, 0.1) is 5.92 Å². The van der Waals surface area contributed by atoms with Gasteiger partial charge in [-0.25, -0.2) is 0 Å². The Hall–Kier alpha value is -3.47. The van der Waals surface area contributed by atoms with E-state index in [9.17, 15) is 19.2 Å². The van der Waals surface area contributed by atoms with Crippen molar-refractivity contribution in [2.24, 2.45) is 5.92 Å². The lowest BCUT2D eigenvalue weighted by Gasteiger charge is -2.27. The summed E-state index contributed by atoms with van der Waals surface area (Å²) in [5.41, 5.74) is 0.835. The standard InChI is InChI=1S/C30H38N4O6/c1-21(32-27(36)19-34-12-14-39-15-13-34)26(35)18-24(16-23-8-10-31-11-9-23)29(38)33-25(28(37)30(2)20-40-30)17-22-6-4-3-5-7-22/h3-11,21,24-25H,12-20H2,1-2H3,(H,32,36)(H,33,38). The molecule has 1 aromatic heterocycles. The van der Waals surface area contributed by atoms with E-state index in [-0.39, 0.29) is 36.9 Å². The summed E-state index contributed by atoms with van der Waals surface area (Å²) in [6, 6.07) is 11.5. The van der Waals surface area contributed by atoms with E-state index in [1.807, 2.05) is 35.2 Å². The molecule has 10 nitrogen and oxygen atoms in total. The number of carbonyl (C=O) groups excluding carboxylic acids is 4. The minimum absolute atomic E-state index is 0.0901. The summed E-state index contributed by atoms with van der Waals surface area (Å²) in [5, 5.41) is 5.70. The van der Waals surface area contributed by atoms with E-state index in [1.54, 1.807) is 38.4 Å². The number of aromatic nitrogens is 1. The number of pyridine rings is 1. The Morgan fingerprint density at radius 1 is 0.975 bits per heavy atom. The van der Waals surface area contributed by atoms with Crippen LogP contribution in [0.25, 0.3) is 0 Å². The Bertz CT molecular complexity index is 1170. The summed E-state index contributed by atoms with van der Waals surface area (Å²) in [4.78, 5) is 58.7. The summed E-state index contributed by atoms with van der Waals surface area (Å²) >= 11 is 0. The molecule has 4 atom stereocenters. The van der Waals surface area contributed by atoms with Crippen LogP contribution in [0.5, 0.6) is 0 Å². The molecule has 2 amide bonds. The van der Waals surface area contributed by atoms with Gasteiger partial charge in [-0.05, 0) is 49.9 Å². The van der Waals surface area contributed by atoms with E-state index >= 15 is 0 Å². The molecule has 40 heavy (non-hydrogen) atoms. The highest BCUT2D eigenvalue weighted by Crippen LogP contribution is 2.29. The Morgan fingerprint density at radius 3 is 2.27 bits per heavy atom. The first kappa shape index (κ1) is 29.5. The van der Waals surface area contributed by atoms with Crippen LogP contribution in [-0.4, -0.2) is 90.4 Å². The number of hydrogen-bond acceptors (Lipinski definition) is 8. The van der Waals surface area contributed by atoms with Gasteiger partial charge >= 0.3 is 0 Å². The van der Waals surface area contributed by atoms with Crippen LogP contribution in [0.3, 0.4) is 0 Å². The van der Waals surface area contributed by atoms with Gasteiger partial charge in [0, 0.05) is 37.8 Å². The first-order valence-electron chi connectivity index (χ1n) is 13.8. The highest BCUT2D eigenvalue weighted by Gasteiger charge is 2.50. The second-order valence-corrected chi connectivity index (χ2v) is 10.7. The maximum absolute atomic E-state index is 13.7. The van der Waals surface area contributed by atoms with Crippen LogP contribution in [-0.2, 0) is 41.5 Å². The SMILES string of the molecule is CC(NC(=O)CN1CCOCC1)C(=O)CC(Cc1ccncc1)C(=O)NC(Cc1ccccc1)C(=O)C1(C)CO1. The number of carbonyl (C=O) groups is 4. The predicted molar refractivity (Wildman–Crippen MR) is 147 cm³/mol. The fraction of sp³-hybridized carbons (Fsp3) is 0.500. The molecule has 2 aliphatic heterocycles. The van der Waals surface area contributed by atoms with Crippen LogP contribution in [0.4, 0.5) is 0 Å². The van der Waals surface area contributed by atoms with E-state index in [0.717, 1.165) is 11.1 Å². The number of epoxide rings is 1. The van der Waals surface area contributed by atoms with Gasteiger partial charge in [0.15, 0.2) is 11.6 Å². The molecular formula is C30H38N4O6. The lowest BCUT2D eigenvalue weighted by Crippen LogP contribution is -2.50. The average molecular weight is 551 g/mol. The fourth-order valence-corrected chi connectivity index (χ4v) is 4.78. The third-order valence-corrected chi connectivity index (χ3v) is 7.40. The molecular weight excluding hydrogens is 512 g/mol. The molecule has 0 spiro atoms. The van der Waals surface area contributed by atoms with Gasteiger partial charge in [0.05, 0.1) is 38.4 Å². The third-order valence-electron chi connectivity index (χ3n) is 7.40. The van der Waals surface area contributed by atoms with Crippen LogP contribution in [0.2, 0.25) is 0 Å². The molecule has 2 N–H and O–H groups in total. The van der Waals surface area contributed by atoms with Gasteiger partial charge in [-0.3, -0.25) is 29.1 Å². The summed E-state index contributed by atoms with van der Waals surface area (Å²) < 4.78 is 10.7. The number of benzene rings is 1. The predicted octanol–water partition coefficient (Wildman–Crippen LogP) is 1.12. The zero-order chi connectivity index (χ0) is 28.5. The van der Waals surface area contributed by atoms with Crippen molar-refractivity contribution in [2.75, 3.05) is 39.5 Å². The summed E-state index contributed by atoms with van der Waals surface area (Å²) in [5.74, 6) is -1.83. The molecule has 4 rings (SSSR count). The first-order valence-corrected chi connectivity index (χ1v) is 13.8. The number of amides is 2. The number of ether oxygens (including phenoxy) is 2. The number of rotatable bonds is 14. The average Bonchev–Trinajstić information content (AvgIpc) is 3.71.